The fourth-order valence-electron chi connectivity index (χ4n) is 2.68. The van der Waals surface area contributed by atoms with E-state index in [0.29, 0.717) is 12.1 Å². The lowest BCUT2D eigenvalue weighted by atomic mass is 10.1. The van der Waals surface area contributed by atoms with Gasteiger partial charge in [0.2, 0.25) is 5.95 Å². The average molecular weight is 345 g/mol. The number of hydrogen-bond acceptors (Lipinski definition) is 4. The molecule has 7 heteroatoms. The molecule has 0 radical (unpaired) electrons. The average Bonchev–Trinajstić information content (AvgIpc) is 3.08. The van der Waals surface area contributed by atoms with E-state index in [4.69, 9.17) is 0 Å². The Labute approximate surface area is 148 Å². The molecule has 4 rings (SSSR count). The highest BCUT2D eigenvalue weighted by Crippen LogP contribution is 2.11. The molecule has 2 aromatic heterocycles. The Kier molecular flexibility index (Phi) is 4.03. The fourth-order valence-corrected chi connectivity index (χ4v) is 2.68. The first-order valence-electron chi connectivity index (χ1n) is 8.06. The number of pyridine rings is 1. The normalized spacial score (nSPS) is 10.8. The lowest BCUT2D eigenvalue weighted by Crippen LogP contribution is -2.23. The van der Waals surface area contributed by atoms with Gasteiger partial charge < -0.3 is 4.98 Å². The molecule has 0 bridgehead atoms. The number of para-hydroxylation sites is 1. The number of amides is 1. The van der Waals surface area contributed by atoms with E-state index >= 15 is 0 Å². The zero-order valence-corrected chi connectivity index (χ0v) is 13.7. The van der Waals surface area contributed by atoms with Crippen LogP contribution in [-0.4, -0.2) is 25.7 Å². The van der Waals surface area contributed by atoms with Crippen LogP contribution in [0.2, 0.25) is 0 Å². The van der Waals surface area contributed by atoms with Crippen LogP contribution in [-0.2, 0) is 6.54 Å². The van der Waals surface area contributed by atoms with Gasteiger partial charge in [0.15, 0.2) is 0 Å². The highest BCUT2D eigenvalue weighted by Gasteiger charge is 2.14. The van der Waals surface area contributed by atoms with Crippen molar-refractivity contribution in [2.75, 3.05) is 5.32 Å². The molecule has 0 spiro atoms. The summed E-state index contributed by atoms with van der Waals surface area (Å²) in [6.45, 7) is 0.542. The summed E-state index contributed by atoms with van der Waals surface area (Å²) < 4.78 is 1.62. The maximum atomic E-state index is 12.4. The number of nitrogens with one attached hydrogen (secondary N) is 2. The number of nitrogens with zero attached hydrogens (tertiary/aromatic N) is 3. The van der Waals surface area contributed by atoms with E-state index in [2.05, 4.69) is 20.4 Å². The van der Waals surface area contributed by atoms with Crippen LogP contribution in [0.3, 0.4) is 0 Å². The van der Waals surface area contributed by atoms with Gasteiger partial charge in [-0.1, -0.05) is 48.5 Å². The molecule has 0 fully saturated rings. The van der Waals surface area contributed by atoms with Gasteiger partial charge in [0.05, 0.1) is 6.54 Å². The second-order valence-electron chi connectivity index (χ2n) is 5.80. The van der Waals surface area contributed by atoms with Crippen molar-refractivity contribution in [2.45, 2.75) is 6.54 Å². The minimum absolute atomic E-state index is 0.0168. The quantitative estimate of drug-likeness (QED) is 0.594. The number of fused-ring (bicyclic) bond motifs is 1. The molecular weight excluding hydrogens is 330 g/mol. The van der Waals surface area contributed by atoms with Gasteiger partial charge >= 0.3 is 0 Å². The molecule has 2 heterocycles. The Bertz CT molecular complexity index is 1130. The van der Waals surface area contributed by atoms with Gasteiger partial charge in [0, 0.05) is 5.52 Å². The second kappa shape index (κ2) is 6.64. The molecule has 1 amide bonds. The Morgan fingerprint density at radius 3 is 2.69 bits per heavy atom. The van der Waals surface area contributed by atoms with E-state index in [9.17, 15) is 9.59 Å². The SMILES string of the molecule is O=C(Nc1ncn(Cc2ccccc2)n1)c1cc2ccccc2[nH]c1=O. The molecular formula is C19H15N5O2. The number of anilines is 1. The van der Waals surface area contributed by atoms with E-state index in [1.807, 2.05) is 48.5 Å². The number of aromatic amines is 1. The van der Waals surface area contributed by atoms with Gasteiger partial charge in [-0.2, -0.15) is 0 Å². The van der Waals surface area contributed by atoms with Crippen molar-refractivity contribution in [3.05, 3.63) is 88.5 Å². The predicted octanol–water partition coefficient (Wildman–Crippen LogP) is 2.42. The molecule has 128 valence electrons. The summed E-state index contributed by atoms with van der Waals surface area (Å²) in [6.07, 6.45) is 1.53. The van der Waals surface area contributed by atoms with Crippen molar-refractivity contribution in [1.82, 2.24) is 19.7 Å². The third-order valence-electron chi connectivity index (χ3n) is 3.95. The number of benzene rings is 2. The number of carbonyl (C=O) groups excluding carboxylic acids is 1. The summed E-state index contributed by atoms with van der Waals surface area (Å²) in [6, 6.07) is 18.6. The third kappa shape index (κ3) is 3.23. The molecule has 0 saturated carbocycles. The maximum Gasteiger partial charge on any atom is 0.263 e. The molecule has 0 atom stereocenters. The highest BCUT2D eigenvalue weighted by atomic mass is 16.2. The molecule has 0 unspecified atom stereocenters. The highest BCUT2D eigenvalue weighted by molar-refractivity contribution is 6.04. The van der Waals surface area contributed by atoms with E-state index in [1.165, 1.54) is 6.33 Å². The van der Waals surface area contributed by atoms with Crippen LogP contribution >= 0.6 is 0 Å². The van der Waals surface area contributed by atoms with E-state index < -0.39 is 11.5 Å². The standard InChI is InChI=1S/C19H15N5O2/c25-17-15(10-14-8-4-5-9-16(14)21-17)18(26)22-19-20-12-24(23-19)11-13-6-2-1-3-7-13/h1-10,12H,11H2,(H,21,25)(H,22,23,26). The van der Waals surface area contributed by atoms with E-state index in [-0.39, 0.29) is 11.5 Å². The van der Waals surface area contributed by atoms with Crippen LogP contribution < -0.4 is 10.9 Å². The first-order chi connectivity index (χ1) is 12.7. The molecule has 2 aromatic carbocycles. The predicted molar refractivity (Wildman–Crippen MR) is 98.1 cm³/mol. The fraction of sp³-hybridized carbons (Fsp3) is 0.0526. The summed E-state index contributed by atoms with van der Waals surface area (Å²) in [5.74, 6) is -0.395. The summed E-state index contributed by atoms with van der Waals surface area (Å²) in [5, 5.41) is 7.57. The van der Waals surface area contributed by atoms with Gasteiger partial charge in [-0.05, 0) is 23.1 Å². The van der Waals surface area contributed by atoms with Crippen molar-refractivity contribution >= 4 is 22.8 Å². The number of aromatic nitrogens is 4. The zero-order chi connectivity index (χ0) is 17.9. The minimum Gasteiger partial charge on any atom is -0.321 e. The first-order valence-corrected chi connectivity index (χ1v) is 8.06. The van der Waals surface area contributed by atoms with Crippen LogP contribution in [0, 0.1) is 0 Å². The van der Waals surface area contributed by atoms with Gasteiger partial charge in [-0.3, -0.25) is 14.9 Å². The van der Waals surface area contributed by atoms with Crippen LogP contribution in [0.15, 0.2) is 71.8 Å². The Morgan fingerprint density at radius 2 is 1.85 bits per heavy atom. The van der Waals surface area contributed by atoms with E-state index in [1.54, 1.807) is 16.8 Å². The Morgan fingerprint density at radius 1 is 1.08 bits per heavy atom. The largest absolute Gasteiger partial charge is 0.321 e. The monoisotopic (exact) mass is 345 g/mol. The van der Waals surface area contributed by atoms with Crippen LogP contribution in [0.5, 0.6) is 0 Å². The van der Waals surface area contributed by atoms with Crippen molar-refractivity contribution < 1.29 is 4.79 Å². The minimum atomic E-state index is -0.547. The van der Waals surface area contributed by atoms with Gasteiger partial charge in [-0.15, -0.1) is 5.10 Å². The number of H-pyrrole nitrogens is 1. The van der Waals surface area contributed by atoms with Crippen molar-refractivity contribution in [3.8, 4) is 0 Å². The number of hydrogen-bond donors (Lipinski definition) is 2. The summed E-state index contributed by atoms with van der Waals surface area (Å²) in [4.78, 5) is 31.4. The molecule has 26 heavy (non-hydrogen) atoms. The molecule has 0 aliphatic carbocycles. The molecule has 2 N–H and O–H groups in total. The van der Waals surface area contributed by atoms with Crippen LogP contribution in [0.4, 0.5) is 5.95 Å². The number of rotatable bonds is 4. The van der Waals surface area contributed by atoms with Crippen molar-refractivity contribution in [1.29, 1.82) is 0 Å². The zero-order valence-electron chi connectivity index (χ0n) is 13.7. The van der Waals surface area contributed by atoms with Crippen molar-refractivity contribution in [2.24, 2.45) is 0 Å². The molecule has 0 saturated heterocycles. The summed E-state index contributed by atoms with van der Waals surface area (Å²) >= 11 is 0. The third-order valence-corrected chi connectivity index (χ3v) is 3.95. The topological polar surface area (TPSA) is 92.7 Å². The molecule has 0 aliphatic heterocycles. The van der Waals surface area contributed by atoms with Gasteiger partial charge in [-0.25, -0.2) is 9.67 Å². The lowest BCUT2D eigenvalue weighted by molar-refractivity contribution is 0.102. The van der Waals surface area contributed by atoms with Crippen LogP contribution in [0.25, 0.3) is 10.9 Å². The summed E-state index contributed by atoms with van der Waals surface area (Å²) in [7, 11) is 0. The lowest BCUT2D eigenvalue weighted by Gasteiger charge is -2.03. The van der Waals surface area contributed by atoms with Gasteiger partial charge in [0.25, 0.3) is 11.5 Å². The number of carbonyl (C=O) groups is 1. The molecule has 0 aliphatic rings. The first kappa shape index (κ1) is 15.8. The van der Waals surface area contributed by atoms with E-state index in [0.717, 1.165) is 10.9 Å². The van der Waals surface area contributed by atoms with Gasteiger partial charge in [0.1, 0.15) is 11.9 Å². The van der Waals surface area contributed by atoms with Crippen molar-refractivity contribution in [3.63, 3.8) is 0 Å². The maximum absolute atomic E-state index is 12.4. The molecule has 4 aromatic rings. The summed E-state index contributed by atoms with van der Waals surface area (Å²) in [5.41, 5.74) is 1.31. The smallest absolute Gasteiger partial charge is 0.263 e. The Hall–Kier alpha value is -3.74. The molecule has 7 nitrogen and oxygen atoms in total. The van der Waals surface area contributed by atoms with Crippen LogP contribution in [0.1, 0.15) is 15.9 Å². The Balaban J connectivity index is 1.53. The second-order valence-corrected chi connectivity index (χ2v) is 5.80.